The lowest BCUT2D eigenvalue weighted by atomic mass is 10.1. The minimum Gasteiger partial charge on any atom is -0.334 e. The zero-order valence-corrected chi connectivity index (χ0v) is 13.4. The van der Waals surface area contributed by atoms with Crippen molar-refractivity contribution in [3.8, 4) is 0 Å². The second kappa shape index (κ2) is 8.02. The normalized spacial score (nSPS) is 10.3. The molecule has 120 valence electrons. The molecule has 0 spiro atoms. The van der Waals surface area contributed by atoms with Crippen LogP contribution in [-0.2, 0) is 13.0 Å². The summed E-state index contributed by atoms with van der Waals surface area (Å²) in [4.78, 5) is 22.7. The molecule has 3 rings (SSSR count). The molecule has 0 unspecified atom stereocenters. The van der Waals surface area contributed by atoms with Crippen molar-refractivity contribution in [1.82, 2.24) is 14.9 Å². The average Bonchev–Trinajstić information content (AvgIpc) is 2.67. The van der Waals surface area contributed by atoms with Crippen LogP contribution < -0.4 is 0 Å². The lowest BCUT2D eigenvalue weighted by Crippen LogP contribution is -2.32. The van der Waals surface area contributed by atoms with Gasteiger partial charge >= 0.3 is 0 Å². The average molecular weight is 317 g/mol. The van der Waals surface area contributed by atoms with Gasteiger partial charge in [-0.15, -0.1) is 0 Å². The number of benzene rings is 1. The Morgan fingerprint density at radius 1 is 0.792 bits per heavy atom. The molecule has 0 radical (unpaired) electrons. The van der Waals surface area contributed by atoms with E-state index in [2.05, 4.69) is 22.1 Å². The summed E-state index contributed by atoms with van der Waals surface area (Å²) < 4.78 is 0. The van der Waals surface area contributed by atoms with Crippen molar-refractivity contribution < 1.29 is 4.79 Å². The molecule has 3 aromatic rings. The van der Waals surface area contributed by atoms with E-state index in [1.165, 1.54) is 5.56 Å². The van der Waals surface area contributed by atoms with Crippen LogP contribution in [0.25, 0.3) is 0 Å². The molecule has 0 bridgehead atoms. The second-order valence-electron chi connectivity index (χ2n) is 5.55. The highest BCUT2D eigenvalue weighted by Crippen LogP contribution is 2.11. The molecule has 0 aliphatic carbocycles. The van der Waals surface area contributed by atoms with Crippen molar-refractivity contribution >= 4 is 5.91 Å². The van der Waals surface area contributed by atoms with Gasteiger partial charge in [-0.25, -0.2) is 0 Å². The first-order chi connectivity index (χ1) is 11.8. The Bertz CT molecular complexity index is 761. The first-order valence-electron chi connectivity index (χ1n) is 7.95. The Morgan fingerprint density at radius 2 is 1.42 bits per heavy atom. The van der Waals surface area contributed by atoms with Gasteiger partial charge < -0.3 is 4.90 Å². The number of hydrogen-bond donors (Lipinski definition) is 0. The number of carbonyl (C=O) groups excluding carboxylic acids is 1. The Labute approximate surface area is 141 Å². The molecular formula is C20H19N3O. The van der Waals surface area contributed by atoms with Gasteiger partial charge in [-0.2, -0.15) is 0 Å². The van der Waals surface area contributed by atoms with Crippen molar-refractivity contribution in [2.24, 2.45) is 0 Å². The SMILES string of the molecule is O=C(c1ccncc1)N(CCc1ccccc1)Cc1ccncc1. The summed E-state index contributed by atoms with van der Waals surface area (Å²) in [5.41, 5.74) is 2.95. The van der Waals surface area contributed by atoms with Crippen molar-refractivity contribution in [3.63, 3.8) is 0 Å². The van der Waals surface area contributed by atoms with E-state index in [1.54, 1.807) is 36.9 Å². The Kier molecular flexibility index (Phi) is 5.30. The van der Waals surface area contributed by atoms with Crippen LogP contribution in [0, 0.1) is 0 Å². The van der Waals surface area contributed by atoms with Gasteiger partial charge in [-0.05, 0) is 41.8 Å². The maximum absolute atomic E-state index is 12.9. The summed E-state index contributed by atoms with van der Waals surface area (Å²) in [6.45, 7) is 1.23. The summed E-state index contributed by atoms with van der Waals surface area (Å²) in [6, 6.07) is 17.6. The summed E-state index contributed by atoms with van der Waals surface area (Å²) >= 11 is 0. The van der Waals surface area contributed by atoms with Gasteiger partial charge in [0.15, 0.2) is 0 Å². The Balaban J connectivity index is 1.76. The van der Waals surface area contributed by atoms with Gasteiger partial charge in [0, 0.05) is 43.4 Å². The molecule has 2 heterocycles. The van der Waals surface area contributed by atoms with Crippen molar-refractivity contribution in [1.29, 1.82) is 0 Å². The quantitative estimate of drug-likeness (QED) is 0.700. The molecule has 0 atom stereocenters. The number of nitrogens with zero attached hydrogens (tertiary/aromatic N) is 3. The lowest BCUT2D eigenvalue weighted by Gasteiger charge is -2.23. The zero-order valence-electron chi connectivity index (χ0n) is 13.4. The minimum absolute atomic E-state index is 0.0187. The molecule has 4 nitrogen and oxygen atoms in total. The highest BCUT2D eigenvalue weighted by molar-refractivity contribution is 5.94. The van der Waals surface area contributed by atoms with E-state index in [1.807, 2.05) is 35.2 Å². The zero-order chi connectivity index (χ0) is 16.6. The molecule has 0 aliphatic rings. The third-order valence-electron chi connectivity index (χ3n) is 3.85. The van der Waals surface area contributed by atoms with Gasteiger partial charge in [0.05, 0.1) is 0 Å². The van der Waals surface area contributed by atoms with Crippen LogP contribution in [0.5, 0.6) is 0 Å². The number of carbonyl (C=O) groups is 1. The van der Waals surface area contributed by atoms with E-state index in [9.17, 15) is 4.79 Å². The van der Waals surface area contributed by atoms with Crippen molar-refractivity contribution in [2.45, 2.75) is 13.0 Å². The van der Waals surface area contributed by atoms with E-state index in [-0.39, 0.29) is 5.91 Å². The fourth-order valence-electron chi connectivity index (χ4n) is 2.55. The smallest absolute Gasteiger partial charge is 0.254 e. The molecule has 0 aliphatic heterocycles. The maximum atomic E-state index is 12.9. The van der Waals surface area contributed by atoms with Gasteiger partial charge in [0.1, 0.15) is 0 Å². The minimum atomic E-state index is 0.0187. The molecule has 0 N–H and O–H groups in total. The Morgan fingerprint density at radius 3 is 2.08 bits per heavy atom. The van der Waals surface area contributed by atoms with Crippen molar-refractivity contribution in [2.75, 3.05) is 6.54 Å². The Hall–Kier alpha value is -3.01. The molecule has 24 heavy (non-hydrogen) atoms. The number of aromatic nitrogens is 2. The van der Waals surface area contributed by atoms with Gasteiger partial charge in [-0.1, -0.05) is 30.3 Å². The third kappa shape index (κ3) is 4.26. The first kappa shape index (κ1) is 15.9. The van der Waals surface area contributed by atoms with E-state index in [0.29, 0.717) is 18.7 Å². The predicted octanol–water partition coefficient (Wildman–Crippen LogP) is 3.36. The van der Waals surface area contributed by atoms with Crippen LogP contribution in [0.15, 0.2) is 79.4 Å². The summed E-state index contributed by atoms with van der Waals surface area (Å²) in [5.74, 6) is 0.0187. The van der Waals surface area contributed by atoms with E-state index in [4.69, 9.17) is 0 Å². The fourth-order valence-corrected chi connectivity index (χ4v) is 2.55. The first-order valence-corrected chi connectivity index (χ1v) is 7.95. The molecule has 0 saturated heterocycles. The molecular weight excluding hydrogens is 298 g/mol. The summed E-state index contributed by atoms with van der Waals surface area (Å²) in [6.07, 6.45) is 7.62. The maximum Gasteiger partial charge on any atom is 0.254 e. The molecule has 1 amide bonds. The van der Waals surface area contributed by atoms with Crippen LogP contribution in [-0.4, -0.2) is 27.3 Å². The third-order valence-corrected chi connectivity index (χ3v) is 3.85. The van der Waals surface area contributed by atoms with Crippen LogP contribution in [0.3, 0.4) is 0 Å². The van der Waals surface area contributed by atoms with E-state index in [0.717, 1.165) is 12.0 Å². The van der Waals surface area contributed by atoms with Crippen LogP contribution in [0.4, 0.5) is 0 Å². The largest absolute Gasteiger partial charge is 0.334 e. The van der Waals surface area contributed by atoms with Crippen molar-refractivity contribution in [3.05, 3.63) is 96.1 Å². The highest BCUT2D eigenvalue weighted by atomic mass is 16.2. The van der Waals surface area contributed by atoms with Crippen LogP contribution in [0.2, 0.25) is 0 Å². The standard InChI is InChI=1S/C20H19N3O/c24-20(19-8-13-22-14-9-19)23(16-18-6-11-21-12-7-18)15-10-17-4-2-1-3-5-17/h1-9,11-14H,10,15-16H2. The number of rotatable bonds is 6. The highest BCUT2D eigenvalue weighted by Gasteiger charge is 2.16. The summed E-state index contributed by atoms with van der Waals surface area (Å²) in [7, 11) is 0. The monoisotopic (exact) mass is 317 g/mol. The molecule has 1 aromatic carbocycles. The van der Waals surface area contributed by atoms with Gasteiger partial charge in [-0.3, -0.25) is 14.8 Å². The number of amides is 1. The molecule has 2 aromatic heterocycles. The topological polar surface area (TPSA) is 46.1 Å². The van der Waals surface area contributed by atoms with E-state index >= 15 is 0 Å². The molecule has 0 saturated carbocycles. The number of hydrogen-bond acceptors (Lipinski definition) is 3. The molecule has 4 heteroatoms. The summed E-state index contributed by atoms with van der Waals surface area (Å²) in [5, 5.41) is 0. The molecule has 0 fully saturated rings. The van der Waals surface area contributed by atoms with Crippen LogP contribution >= 0.6 is 0 Å². The fraction of sp³-hybridized carbons (Fsp3) is 0.150. The predicted molar refractivity (Wildman–Crippen MR) is 93.4 cm³/mol. The number of pyridine rings is 2. The van der Waals surface area contributed by atoms with E-state index < -0.39 is 0 Å². The van der Waals surface area contributed by atoms with Crippen LogP contribution in [0.1, 0.15) is 21.5 Å². The van der Waals surface area contributed by atoms with Gasteiger partial charge in [0.2, 0.25) is 0 Å². The second-order valence-corrected chi connectivity index (χ2v) is 5.55. The lowest BCUT2D eigenvalue weighted by molar-refractivity contribution is 0.0745. The van der Waals surface area contributed by atoms with Gasteiger partial charge in [0.25, 0.3) is 5.91 Å².